The van der Waals surface area contributed by atoms with Gasteiger partial charge in [-0.05, 0) is 102 Å². The molecule has 0 radical (unpaired) electrons. The molecule has 0 aromatic heterocycles. The molecule has 0 aliphatic rings. The lowest BCUT2D eigenvalue weighted by molar-refractivity contribution is 0.280. The minimum absolute atomic E-state index is 0.768. The van der Waals surface area contributed by atoms with Gasteiger partial charge in [0.1, 0.15) is 6.10 Å². The second-order valence-electron chi connectivity index (χ2n) is 13.3. The lowest BCUT2D eigenvalue weighted by atomic mass is 10.0. The summed E-state index contributed by atoms with van der Waals surface area (Å²) in [5.74, 6) is 16.6. The first-order chi connectivity index (χ1) is 24.2. The maximum absolute atomic E-state index is 9.91. The molecule has 2 N–H and O–H groups in total. The largest absolute Gasteiger partial charge is 0.377 e. The van der Waals surface area contributed by atoms with Gasteiger partial charge in [-0.15, -0.1) is 12.8 Å². The first kappa shape index (κ1) is 46.1. The Morgan fingerprint density at radius 2 is 0.735 bits per heavy atom. The molecular weight excluding hydrogens is 597 g/mol. The van der Waals surface area contributed by atoms with Crippen molar-refractivity contribution in [1.29, 1.82) is 0 Å². The summed E-state index contributed by atoms with van der Waals surface area (Å²) in [5, 5.41) is 19.2. The molecular formula is C47H72O2. The van der Waals surface area contributed by atoms with Gasteiger partial charge in [0.15, 0.2) is 6.10 Å². The number of hydrogen-bond acceptors (Lipinski definition) is 2. The summed E-state index contributed by atoms with van der Waals surface area (Å²) in [4.78, 5) is 0. The number of aliphatic hydroxyl groups is 2. The maximum atomic E-state index is 9.91. The fourth-order valence-corrected chi connectivity index (χ4v) is 5.58. The van der Waals surface area contributed by atoms with Gasteiger partial charge in [0.2, 0.25) is 0 Å². The highest BCUT2D eigenvalue weighted by Crippen LogP contribution is 2.14. The summed E-state index contributed by atoms with van der Waals surface area (Å²) in [6, 6.07) is 0. The minimum Gasteiger partial charge on any atom is -0.377 e. The molecule has 0 heterocycles. The smallest absolute Gasteiger partial charge is 0.176 e. The molecule has 49 heavy (non-hydrogen) atoms. The molecule has 272 valence electrons. The summed E-state index contributed by atoms with van der Waals surface area (Å²) in [6.07, 6.45) is 61.4. The summed E-state index contributed by atoms with van der Waals surface area (Å²) in [7, 11) is 0. The Morgan fingerprint density at radius 1 is 0.408 bits per heavy atom. The van der Waals surface area contributed by atoms with E-state index in [4.69, 9.17) is 12.8 Å². The van der Waals surface area contributed by atoms with E-state index in [-0.39, 0.29) is 0 Å². The molecule has 0 rings (SSSR count). The topological polar surface area (TPSA) is 40.5 Å². The van der Waals surface area contributed by atoms with Crippen LogP contribution < -0.4 is 0 Å². The van der Waals surface area contributed by atoms with Crippen molar-refractivity contribution < 1.29 is 10.2 Å². The Bertz CT molecular complexity index is 1040. The third-order valence-electron chi connectivity index (χ3n) is 8.59. The monoisotopic (exact) mass is 669 g/mol. The van der Waals surface area contributed by atoms with Gasteiger partial charge in [-0.3, -0.25) is 0 Å². The van der Waals surface area contributed by atoms with Crippen molar-refractivity contribution in [2.45, 2.75) is 198 Å². The molecule has 0 aromatic rings. The van der Waals surface area contributed by atoms with Gasteiger partial charge in [-0.1, -0.05) is 155 Å². The van der Waals surface area contributed by atoms with Crippen molar-refractivity contribution in [2.24, 2.45) is 0 Å². The summed E-state index contributed by atoms with van der Waals surface area (Å²) in [5.41, 5.74) is 0. The average molecular weight is 669 g/mol. The van der Waals surface area contributed by atoms with Crippen LogP contribution >= 0.6 is 0 Å². The van der Waals surface area contributed by atoms with E-state index in [9.17, 15) is 10.2 Å². The number of unbranched alkanes of at least 4 members (excludes halogenated alkanes) is 25. The highest BCUT2D eigenvalue weighted by Gasteiger charge is 1.95. The van der Waals surface area contributed by atoms with Crippen molar-refractivity contribution in [3.63, 3.8) is 0 Å². The lowest BCUT2D eigenvalue weighted by Crippen LogP contribution is -1.97. The molecule has 0 aliphatic carbocycles. The van der Waals surface area contributed by atoms with Gasteiger partial charge in [0, 0.05) is 12.8 Å². The van der Waals surface area contributed by atoms with E-state index in [0.29, 0.717) is 0 Å². The van der Waals surface area contributed by atoms with Gasteiger partial charge in [-0.2, -0.15) is 0 Å². The number of terminal acetylenes is 2. The zero-order valence-corrected chi connectivity index (χ0v) is 31.3. The number of rotatable bonds is 32. The molecule has 2 atom stereocenters. The zero-order valence-electron chi connectivity index (χ0n) is 31.3. The third-order valence-corrected chi connectivity index (χ3v) is 8.59. The van der Waals surface area contributed by atoms with Crippen LogP contribution in [0.2, 0.25) is 0 Å². The van der Waals surface area contributed by atoms with Crippen LogP contribution in [0, 0.1) is 48.4 Å². The third kappa shape index (κ3) is 41.2. The molecule has 0 saturated carbocycles. The molecule has 0 bridgehead atoms. The van der Waals surface area contributed by atoms with Crippen LogP contribution in [0.4, 0.5) is 0 Å². The van der Waals surface area contributed by atoms with Crippen molar-refractivity contribution in [1.82, 2.24) is 0 Å². The van der Waals surface area contributed by atoms with Crippen LogP contribution in [0.25, 0.3) is 0 Å². The van der Waals surface area contributed by atoms with E-state index < -0.39 is 12.2 Å². The van der Waals surface area contributed by atoms with E-state index >= 15 is 0 Å². The van der Waals surface area contributed by atoms with Crippen molar-refractivity contribution in [3.05, 3.63) is 48.6 Å². The normalized spacial score (nSPS) is 12.6. The summed E-state index contributed by atoms with van der Waals surface area (Å²) >= 11 is 0. The van der Waals surface area contributed by atoms with Crippen LogP contribution in [0.15, 0.2) is 48.6 Å². The van der Waals surface area contributed by atoms with Crippen LogP contribution in [0.5, 0.6) is 0 Å². The molecule has 0 saturated heterocycles. The zero-order chi connectivity index (χ0) is 35.6. The van der Waals surface area contributed by atoms with Gasteiger partial charge < -0.3 is 10.2 Å². The van der Waals surface area contributed by atoms with Crippen molar-refractivity contribution >= 4 is 0 Å². The maximum Gasteiger partial charge on any atom is 0.176 e. The highest BCUT2D eigenvalue weighted by atomic mass is 16.3. The highest BCUT2D eigenvalue weighted by molar-refractivity contribution is 5.19. The lowest BCUT2D eigenvalue weighted by Gasteiger charge is -2.03. The molecule has 0 fully saturated rings. The number of hydrogen-bond donors (Lipinski definition) is 2. The Labute approximate surface area is 304 Å². The molecule has 0 unspecified atom stereocenters. The van der Waals surface area contributed by atoms with Gasteiger partial charge in [0.05, 0.1) is 0 Å². The molecule has 2 heteroatoms. The van der Waals surface area contributed by atoms with Crippen LogP contribution in [0.1, 0.15) is 186 Å². The number of aliphatic hydroxyl groups excluding tert-OH is 2. The Balaban J connectivity index is 3.40. The Morgan fingerprint density at radius 3 is 1.16 bits per heavy atom. The van der Waals surface area contributed by atoms with E-state index in [1.165, 1.54) is 116 Å². The molecule has 2 nitrogen and oxygen atoms in total. The van der Waals surface area contributed by atoms with E-state index in [1.807, 2.05) is 12.2 Å². The Kier molecular flexibility index (Phi) is 38.9. The van der Waals surface area contributed by atoms with Gasteiger partial charge in [-0.25, -0.2) is 0 Å². The fourth-order valence-electron chi connectivity index (χ4n) is 5.58. The SMILES string of the molecule is C#C/C=C\CCCCCCCCCCCCCCC/C=C\CCCC/C=C\CCCCC#C[C@@H](O)C#CCCCCCC/C=C/[C@H](O)C#C. The average Bonchev–Trinajstić information content (AvgIpc) is 3.11. The quantitative estimate of drug-likeness (QED) is 0.0425. The van der Waals surface area contributed by atoms with Crippen LogP contribution in [-0.4, -0.2) is 22.4 Å². The second-order valence-corrected chi connectivity index (χ2v) is 13.3. The van der Waals surface area contributed by atoms with Gasteiger partial charge >= 0.3 is 0 Å². The van der Waals surface area contributed by atoms with Crippen molar-refractivity contribution in [2.75, 3.05) is 0 Å². The molecule has 0 aromatic carbocycles. The van der Waals surface area contributed by atoms with E-state index in [2.05, 4.69) is 65.9 Å². The minimum atomic E-state index is -0.831. The van der Waals surface area contributed by atoms with Crippen LogP contribution in [-0.2, 0) is 0 Å². The first-order valence-corrected chi connectivity index (χ1v) is 20.1. The molecule has 0 aliphatic heterocycles. The fraction of sp³-hybridized carbons (Fsp3) is 0.660. The second kappa shape index (κ2) is 41.3. The Hall–Kier alpha value is -2.88. The number of allylic oxidation sites excluding steroid dienone is 7. The first-order valence-electron chi connectivity index (χ1n) is 20.1. The standard InChI is InChI=1S/C47H72O2/c1-3-5-6-7-8-9-10-11-12-13-14-15-16-17-18-19-20-21-22-23-24-25-26-27-28-29-30-31-35-38-41-44-47(49)45-42-39-36-33-32-34-37-40-43-46(48)4-2/h1-2,5-6,22-23,28-29,40,43,46-49H,7-21,24-27,30-39H2/b6-5-,23-22-,29-28-,43-40+/t46-,47-/m1/s1. The van der Waals surface area contributed by atoms with Crippen molar-refractivity contribution in [3.8, 4) is 48.4 Å². The van der Waals surface area contributed by atoms with E-state index in [0.717, 1.165) is 70.6 Å². The van der Waals surface area contributed by atoms with Crippen LogP contribution in [0.3, 0.4) is 0 Å². The predicted molar refractivity (Wildman–Crippen MR) is 216 cm³/mol. The summed E-state index contributed by atoms with van der Waals surface area (Å²) < 4.78 is 0. The van der Waals surface area contributed by atoms with Gasteiger partial charge in [0.25, 0.3) is 0 Å². The van der Waals surface area contributed by atoms with E-state index in [1.54, 1.807) is 6.08 Å². The molecule has 0 amide bonds. The molecule has 0 spiro atoms. The summed E-state index contributed by atoms with van der Waals surface area (Å²) in [6.45, 7) is 0. The predicted octanol–water partition coefficient (Wildman–Crippen LogP) is 12.5.